The summed E-state index contributed by atoms with van der Waals surface area (Å²) in [5.41, 5.74) is 8.45. The number of nitrogens with two attached hydrogens (primary N) is 1. The first-order valence-electron chi connectivity index (χ1n) is 14.7. The van der Waals surface area contributed by atoms with Gasteiger partial charge in [-0.25, -0.2) is 13.8 Å². The van der Waals surface area contributed by atoms with Gasteiger partial charge in [-0.15, -0.1) is 0 Å². The fourth-order valence-corrected chi connectivity index (χ4v) is 6.52. The summed E-state index contributed by atoms with van der Waals surface area (Å²) in [4.78, 5) is 33.5. The predicted octanol–water partition coefficient (Wildman–Crippen LogP) is 6.23. The minimum absolute atomic E-state index is 0.00582. The van der Waals surface area contributed by atoms with Crippen molar-refractivity contribution in [2.24, 2.45) is 10.7 Å². The first-order chi connectivity index (χ1) is 19.5. The van der Waals surface area contributed by atoms with E-state index in [0.29, 0.717) is 30.4 Å². The second-order valence-electron chi connectivity index (χ2n) is 12.3. The number of carbonyl (C=O) groups is 2. The van der Waals surface area contributed by atoms with E-state index in [1.165, 1.54) is 4.90 Å². The minimum atomic E-state index is -2.54. The molecule has 6 rings (SSSR count). The van der Waals surface area contributed by atoms with Gasteiger partial charge in [0.05, 0.1) is 24.0 Å². The van der Waals surface area contributed by atoms with E-state index in [4.69, 9.17) is 15.5 Å². The van der Waals surface area contributed by atoms with Crippen LogP contribution in [-0.4, -0.2) is 40.2 Å². The van der Waals surface area contributed by atoms with E-state index in [2.05, 4.69) is 17.4 Å². The second-order valence-corrected chi connectivity index (χ2v) is 12.3. The molecule has 4 aliphatic rings. The molecule has 2 aromatic carbocycles. The number of guanidine groups is 1. The number of hydrogen-bond acceptors (Lipinski definition) is 5. The Morgan fingerprint density at radius 2 is 1.98 bits per heavy atom. The number of hydrogen-bond donors (Lipinski definition) is 2. The van der Waals surface area contributed by atoms with Gasteiger partial charge < -0.3 is 15.8 Å². The number of amides is 2. The number of rotatable bonds is 4. The van der Waals surface area contributed by atoms with Crippen LogP contribution in [0.5, 0.6) is 5.75 Å². The molecule has 1 unspecified atom stereocenters. The summed E-state index contributed by atoms with van der Waals surface area (Å²) < 4.78 is 33.1. The fourth-order valence-electron chi connectivity index (χ4n) is 6.52. The molecule has 220 valence electrons. The lowest BCUT2D eigenvalue weighted by molar-refractivity contribution is -0.132. The molecule has 7 nitrogen and oxygen atoms in total. The Kier molecular flexibility index (Phi) is 8.08. The van der Waals surface area contributed by atoms with Gasteiger partial charge >= 0.3 is 0 Å². The molecule has 2 aromatic rings. The number of ether oxygens (including phenoxy) is 1. The number of alkyl halides is 2. The van der Waals surface area contributed by atoms with Gasteiger partial charge in [-0.2, -0.15) is 0 Å². The molecule has 3 atom stereocenters. The van der Waals surface area contributed by atoms with Crippen molar-refractivity contribution in [3.63, 3.8) is 0 Å². The van der Waals surface area contributed by atoms with E-state index in [-0.39, 0.29) is 36.7 Å². The van der Waals surface area contributed by atoms with E-state index >= 15 is 0 Å². The smallest absolute Gasteiger partial charge is 0.251 e. The van der Waals surface area contributed by atoms with E-state index in [0.717, 1.165) is 36.1 Å². The summed E-state index contributed by atoms with van der Waals surface area (Å²) in [5, 5.41) is 3.20. The minimum Gasteiger partial charge on any atom is -0.487 e. The Morgan fingerprint density at radius 1 is 1.17 bits per heavy atom. The number of benzene rings is 2. The molecule has 0 fully saturated rings. The van der Waals surface area contributed by atoms with E-state index in [9.17, 15) is 18.4 Å². The van der Waals surface area contributed by atoms with Crippen LogP contribution in [0.2, 0.25) is 0 Å². The van der Waals surface area contributed by atoms with Crippen molar-refractivity contribution < 1.29 is 23.1 Å². The molecule has 0 radical (unpaired) electrons. The third kappa shape index (κ3) is 6.23. The van der Waals surface area contributed by atoms with Crippen molar-refractivity contribution in [2.75, 3.05) is 0 Å². The molecule has 4 aliphatic heterocycles. The number of fused-ring (bicyclic) bond motifs is 5. The third-order valence-corrected chi connectivity index (χ3v) is 8.70. The summed E-state index contributed by atoms with van der Waals surface area (Å²) in [6.07, 6.45) is 1.78. The molecule has 0 aliphatic carbocycles. The van der Waals surface area contributed by atoms with Gasteiger partial charge in [0.1, 0.15) is 11.4 Å². The molecular formula is C32H40F2N4O3. The number of halogens is 2. The molecule has 9 heteroatoms. The highest BCUT2D eigenvalue weighted by molar-refractivity contribution is 6.00. The third-order valence-electron chi connectivity index (χ3n) is 8.70. The lowest BCUT2D eigenvalue weighted by atomic mass is 9.84. The topological polar surface area (TPSA) is 97.0 Å². The summed E-state index contributed by atoms with van der Waals surface area (Å²) in [6, 6.07) is 12.0. The summed E-state index contributed by atoms with van der Waals surface area (Å²) in [7, 11) is 0. The molecule has 0 aromatic heterocycles. The van der Waals surface area contributed by atoms with Crippen LogP contribution in [-0.2, 0) is 11.2 Å². The lowest BCUT2D eigenvalue weighted by Gasteiger charge is -2.41. The van der Waals surface area contributed by atoms with Gasteiger partial charge in [-0.1, -0.05) is 37.6 Å². The molecule has 0 saturated carbocycles. The second kappa shape index (κ2) is 11.4. The highest BCUT2D eigenvalue weighted by Gasteiger charge is 2.41. The van der Waals surface area contributed by atoms with Crippen molar-refractivity contribution in [1.29, 1.82) is 0 Å². The Morgan fingerprint density at radius 3 is 2.71 bits per heavy atom. The van der Waals surface area contributed by atoms with Crippen molar-refractivity contribution in [3.05, 3.63) is 64.7 Å². The van der Waals surface area contributed by atoms with Gasteiger partial charge in [-0.3, -0.25) is 14.5 Å². The number of nitrogens with zero attached hydrogens (tertiary/aromatic N) is 2. The van der Waals surface area contributed by atoms with Gasteiger partial charge in [0, 0.05) is 24.0 Å². The molecule has 0 saturated heterocycles. The lowest BCUT2D eigenvalue weighted by Crippen LogP contribution is -2.52. The molecule has 2 amide bonds. The van der Waals surface area contributed by atoms with Crippen LogP contribution in [0.4, 0.5) is 8.78 Å². The van der Waals surface area contributed by atoms with Crippen LogP contribution in [0.1, 0.15) is 111 Å². The largest absolute Gasteiger partial charge is 0.487 e. The van der Waals surface area contributed by atoms with Crippen molar-refractivity contribution in [2.45, 2.75) is 108 Å². The zero-order valence-corrected chi connectivity index (χ0v) is 24.1. The quantitative estimate of drug-likeness (QED) is 0.459. The maximum atomic E-state index is 13.6. The van der Waals surface area contributed by atoms with Crippen LogP contribution in [0.15, 0.2) is 47.5 Å². The molecule has 6 bridgehead atoms. The van der Waals surface area contributed by atoms with Crippen LogP contribution in [0, 0.1) is 0 Å². The molecule has 4 heterocycles. The normalized spacial score (nSPS) is 26.1. The number of aliphatic imine (C=N–C) groups is 1. The maximum Gasteiger partial charge on any atom is 0.251 e. The van der Waals surface area contributed by atoms with Gasteiger partial charge in [-0.05, 0) is 75.3 Å². The number of nitrogens with one attached hydrogen (secondary N) is 1. The summed E-state index contributed by atoms with van der Waals surface area (Å²) >= 11 is 0. The molecular weight excluding hydrogens is 526 g/mol. The van der Waals surface area contributed by atoms with Crippen molar-refractivity contribution in [3.8, 4) is 5.75 Å². The van der Waals surface area contributed by atoms with Crippen LogP contribution in [0.25, 0.3) is 0 Å². The SMILES string of the molecule is CC[C@@]12CCCCc3ccc4c(c3)C(CC(C)(C)O4)NC(=O)c3cccc(c3)[C@@H](CCC(F)F)N(C(=O)C1)C(N)=N2. The first kappa shape index (κ1) is 29.0. The average Bonchev–Trinajstić information content (AvgIpc) is 2.91. The predicted molar refractivity (Wildman–Crippen MR) is 154 cm³/mol. The Labute approximate surface area is 240 Å². The standard InChI is InChI=1S/C32H40F2N4O3/c1-4-32-15-6-5-8-20-11-13-26-23(16-20)24(18-31(2,3)41-26)36-29(40)22-10-7-9-21(17-22)25(12-14-27(33)34)38(28(39)19-32)30(35)37-32/h7,9-11,13,16-17,24-25,27H,4-6,8,12,14-15,18-19H2,1-3H3,(H2,35,37)(H,36,40)/t24?,25-,32-/m1/s1. The first-order valence-corrected chi connectivity index (χ1v) is 14.7. The fraction of sp³-hybridized carbons (Fsp3) is 0.531. The van der Waals surface area contributed by atoms with Gasteiger partial charge in [0.25, 0.3) is 5.91 Å². The van der Waals surface area contributed by atoms with Crippen LogP contribution in [0.3, 0.4) is 0 Å². The number of aryl methyl sites for hydroxylation is 1. The highest BCUT2D eigenvalue weighted by atomic mass is 19.3. The van der Waals surface area contributed by atoms with Gasteiger partial charge in [0.15, 0.2) is 5.96 Å². The number of carbonyl (C=O) groups excluding carboxylic acids is 2. The average molecular weight is 567 g/mol. The zero-order chi connectivity index (χ0) is 29.4. The van der Waals surface area contributed by atoms with Gasteiger partial charge in [0.2, 0.25) is 12.3 Å². The van der Waals surface area contributed by atoms with Crippen molar-refractivity contribution >= 4 is 17.8 Å². The molecule has 41 heavy (non-hydrogen) atoms. The Balaban J connectivity index is 1.58. The van der Waals surface area contributed by atoms with Crippen molar-refractivity contribution in [1.82, 2.24) is 10.2 Å². The molecule has 3 N–H and O–H groups in total. The zero-order valence-electron chi connectivity index (χ0n) is 24.1. The van der Waals surface area contributed by atoms with E-state index in [1.807, 2.05) is 26.8 Å². The Bertz CT molecular complexity index is 1340. The Hall–Kier alpha value is -3.49. The van der Waals surface area contributed by atoms with E-state index in [1.54, 1.807) is 24.3 Å². The highest BCUT2D eigenvalue weighted by Crippen LogP contribution is 2.41. The summed E-state index contributed by atoms with van der Waals surface area (Å²) in [6.45, 7) is 6.02. The monoisotopic (exact) mass is 566 g/mol. The molecule has 0 spiro atoms. The maximum absolute atomic E-state index is 13.6. The van der Waals surface area contributed by atoms with Crippen LogP contribution >= 0.6 is 0 Å². The van der Waals surface area contributed by atoms with E-state index < -0.39 is 30.0 Å². The summed E-state index contributed by atoms with van der Waals surface area (Å²) in [5.74, 6) is 0.322. The van der Waals surface area contributed by atoms with Crippen LogP contribution < -0.4 is 15.8 Å².